The van der Waals surface area contributed by atoms with E-state index in [-0.39, 0.29) is 58.4 Å². The fourth-order valence-corrected chi connectivity index (χ4v) is 7.59. The summed E-state index contributed by atoms with van der Waals surface area (Å²) < 4.78 is 0. The maximum absolute atomic E-state index is 14.4. The number of amides is 2. The highest BCUT2D eigenvalue weighted by Crippen LogP contribution is 2.65. The van der Waals surface area contributed by atoms with Gasteiger partial charge < -0.3 is 10.6 Å². The molecule has 0 aromatic carbocycles. The Bertz CT molecular complexity index is 991. The molecule has 1 saturated carbocycles. The zero-order chi connectivity index (χ0) is 30.0. The molecule has 3 rings (SSSR count). The van der Waals surface area contributed by atoms with Crippen molar-refractivity contribution < 1.29 is 24.0 Å². The minimum atomic E-state index is -0.994. The molecule has 0 aromatic heterocycles. The van der Waals surface area contributed by atoms with Crippen molar-refractivity contribution in [2.24, 2.45) is 45.7 Å². The van der Waals surface area contributed by atoms with Crippen LogP contribution in [0.1, 0.15) is 126 Å². The van der Waals surface area contributed by atoms with Crippen LogP contribution < -0.4 is 5.73 Å². The van der Waals surface area contributed by atoms with Crippen molar-refractivity contribution in [3.8, 4) is 0 Å². The van der Waals surface area contributed by atoms with E-state index in [1.165, 1.54) is 0 Å². The monoisotopic (exact) mass is 558 g/mol. The second-order valence-corrected chi connectivity index (χ2v) is 15.5. The van der Waals surface area contributed by atoms with E-state index in [0.717, 1.165) is 51.4 Å². The third-order valence-corrected chi connectivity index (χ3v) is 10.2. The van der Waals surface area contributed by atoms with E-state index in [2.05, 4.69) is 27.7 Å². The SMILES string of the molecule is CC(C)(C)CC(=O)C[C@@H]1C(=O)N2CC3[C@@H]([C@H]2C(=O)C[C@H](C(=O)C(N)=O)CCCCCCCCCC1(C)C)C3(C)C. The molecule has 226 valence electrons. The number of piperidine rings is 1. The van der Waals surface area contributed by atoms with Crippen molar-refractivity contribution in [1.82, 2.24) is 4.90 Å². The minimum absolute atomic E-state index is 0.0319. The lowest BCUT2D eigenvalue weighted by Crippen LogP contribution is -2.51. The third kappa shape index (κ3) is 7.61. The number of ketones is 3. The largest absolute Gasteiger partial charge is 0.363 e. The summed E-state index contributed by atoms with van der Waals surface area (Å²) in [6, 6.07) is -0.623. The number of carbonyl (C=O) groups excluding carboxylic acids is 5. The van der Waals surface area contributed by atoms with Gasteiger partial charge in [0.2, 0.25) is 11.7 Å². The lowest BCUT2D eigenvalue weighted by atomic mass is 9.71. The number of rotatable bonds is 5. The minimum Gasteiger partial charge on any atom is -0.363 e. The molecule has 3 fully saturated rings. The van der Waals surface area contributed by atoms with Crippen LogP contribution >= 0.6 is 0 Å². The molecule has 3 aliphatic rings. The number of carbonyl (C=O) groups is 5. The Morgan fingerprint density at radius 2 is 1.50 bits per heavy atom. The standard InChI is InChI=1S/C33H54N2O5/c1-31(2,3)19-22(36)18-23-30(40)35-20-24-26(33(24,6)7)27(35)25(37)17-21(28(38)29(34)39)15-13-11-9-8-10-12-14-16-32(23,4)5/h21,23-24,26-27H,8-20H2,1-7H3,(H2,34,39)/t21-,23-,24?,26+,27-/m1/s1. The molecule has 0 bridgehead atoms. The topological polar surface area (TPSA) is 115 Å². The molecule has 40 heavy (non-hydrogen) atoms. The fourth-order valence-electron chi connectivity index (χ4n) is 7.59. The first kappa shape index (κ1) is 32.5. The maximum Gasteiger partial charge on any atom is 0.285 e. The van der Waals surface area contributed by atoms with Crippen LogP contribution in [0.4, 0.5) is 0 Å². The van der Waals surface area contributed by atoms with Crippen molar-refractivity contribution in [3.63, 3.8) is 0 Å². The van der Waals surface area contributed by atoms with Crippen LogP contribution in [0.25, 0.3) is 0 Å². The van der Waals surface area contributed by atoms with Gasteiger partial charge in [-0.25, -0.2) is 0 Å². The van der Waals surface area contributed by atoms with E-state index in [4.69, 9.17) is 5.73 Å². The Hall–Kier alpha value is -2.05. The van der Waals surface area contributed by atoms with Gasteiger partial charge in [-0.15, -0.1) is 0 Å². The Kier molecular flexibility index (Phi) is 10.1. The molecule has 2 saturated heterocycles. The number of hydrogen-bond donors (Lipinski definition) is 1. The number of hydrogen-bond acceptors (Lipinski definition) is 5. The number of Topliss-reactive ketones (excluding diaryl/α,β-unsaturated/α-hetero) is 3. The van der Waals surface area contributed by atoms with E-state index >= 15 is 0 Å². The summed E-state index contributed by atoms with van der Waals surface area (Å²) in [6.45, 7) is 15.1. The smallest absolute Gasteiger partial charge is 0.285 e. The van der Waals surface area contributed by atoms with E-state index in [9.17, 15) is 24.0 Å². The third-order valence-electron chi connectivity index (χ3n) is 10.2. The van der Waals surface area contributed by atoms with Gasteiger partial charge in [-0.05, 0) is 40.9 Å². The van der Waals surface area contributed by atoms with Gasteiger partial charge in [0.15, 0.2) is 5.78 Å². The first-order chi connectivity index (χ1) is 18.5. The molecular formula is C33H54N2O5. The number of fused-ring (bicyclic) bond motifs is 3. The number of primary amides is 1. The first-order valence-electron chi connectivity index (χ1n) is 15.7. The molecule has 2 aliphatic heterocycles. The second kappa shape index (κ2) is 12.4. The molecule has 0 radical (unpaired) electrons. The molecule has 0 aromatic rings. The number of nitrogens with zero attached hydrogens (tertiary/aromatic N) is 1. The predicted octanol–water partition coefficient (Wildman–Crippen LogP) is 5.66. The lowest BCUT2D eigenvalue weighted by Gasteiger charge is -2.39. The summed E-state index contributed by atoms with van der Waals surface area (Å²) in [5.74, 6) is -2.82. The van der Waals surface area contributed by atoms with Gasteiger partial charge in [0.25, 0.3) is 5.91 Å². The molecule has 2 N–H and O–H groups in total. The van der Waals surface area contributed by atoms with E-state index in [1.807, 2.05) is 20.8 Å². The van der Waals surface area contributed by atoms with E-state index in [0.29, 0.717) is 19.4 Å². The lowest BCUT2D eigenvalue weighted by molar-refractivity contribution is -0.149. The van der Waals surface area contributed by atoms with Gasteiger partial charge in [-0.3, -0.25) is 24.0 Å². The average molecular weight is 559 g/mol. The second-order valence-electron chi connectivity index (χ2n) is 15.5. The summed E-state index contributed by atoms with van der Waals surface area (Å²) in [5, 5.41) is 0. The van der Waals surface area contributed by atoms with Crippen LogP contribution in [-0.2, 0) is 24.0 Å². The van der Waals surface area contributed by atoms with Crippen molar-refractivity contribution >= 4 is 29.2 Å². The predicted molar refractivity (Wildman–Crippen MR) is 156 cm³/mol. The number of nitrogens with two attached hydrogens (primary N) is 1. The van der Waals surface area contributed by atoms with Crippen molar-refractivity contribution in [2.45, 2.75) is 132 Å². The summed E-state index contributed by atoms with van der Waals surface area (Å²) in [4.78, 5) is 68.0. The quantitative estimate of drug-likeness (QED) is 0.437. The molecule has 5 atom stereocenters. The summed E-state index contributed by atoms with van der Waals surface area (Å²) >= 11 is 0. The van der Waals surface area contributed by atoms with E-state index in [1.54, 1.807) is 4.90 Å². The van der Waals surface area contributed by atoms with Gasteiger partial charge in [0.05, 0.1) is 12.0 Å². The summed E-state index contributed by atoms with van der Waals surface area (Å²) in [5.41, 5.74) is 4.76. The zero-order valence-corrected chi connectivity index (χ0v) is 26.1. The Morgan fingerprint density at radius 1 is 0.925 bits per heavy atom. The summed E-state index contributed by atoms with van der Waals surface area (Å²) in [7, 11) is 0. The highest BCUT2D eigenvalue weighted by Gasteiger charge is 2.69. The molecular weight excluding hydrogens is 504 g/mol. The highest BCUT2D eigenvalue weighted by molar-refractivity contribution is 6.36. The van der Waals surface area contributed by atoms with Crippen LogP contribution in [0.3, 0.4) is 0 Å². The first-order valence-corrected chi connectivity index (χ1v) is 15.7. The van der Waals surface area contributed by atoms with E-state index < -0.39 is 29.6 Å². The van der Waals surface area contributed by atoms with Crippen LogP contribution in [0.5, 0.6) is 0 Å². The average Bonchev–Trinajstić information content (AvgIpc) is 3.15. The van der Waals surface area contributed by atoms with Crippen LogP contribution in [0.2, 0.25) is 0 Å². The van der Waals surface area contributed by atoms with Crippen molar-refractivity contribution in [3.05, 3.63) is 0 Å². The van der Waals surface area contributed by atoms with Crippen LogP contribution in [-0.4, -0.2) is 46.7 Å². The molecule has 2 heterocycles. The van der Waals surface area contributed by atoms with Gasteiger partial charge in [0.1, 0.15) is 5.78 Å². The normalized spacial score (nSPS) is 31.6. The van der Waals surface area contributed by atoms with Gasteiger partial charge in [-0.2, -0.15) is 0 Å². The van der Waals surface area contributed by atoms with Gasteiger partial charge in [-0.1, -0.05) is 93.4 Å². The molecule has 7 nitrogen and oxygen atoms in total. The maximum atomic E-state index is 14.4. The van der Waals surface area contributed by atoms with Gasteiger partial charge >= 0.3 is 0 Å². The Morgan fingerprint density at radius 3 is 2.08 bits per heavy atom. The molecule has 1 unspecified atom stereocenters. The van der Waals surface area contributed by atoms with Crippen LogP contribution in [0, 0.1) is 39.9 Å². The Labute approximate surface area is 241 Å². The summed E-state index contributed by atoms with van der Waals surface area (Å²) in [6.07, 6.45) is 8.88. The molecule has 1 aliphatic carbocycles. The molecule has 7 heteroatoms. The molecule has 0 spiro atoms. The Balaban J connectivity index is 1.96. The van der Waals surface area contributed by atoms with Crippen molar-refractivity contribution in [1.29, 1.82) is 0 Å². The highest BCUT2D eigenvalue weighted by atomic mass is 16.2. The van der Waals surface area contributed by atoms with Gasteiger partial charge in [0, 0.05) is 31.7 Å². The zero-order valence-electron chi connectivity index (χ0n) is 26.1. The molecule has 2 amide bonds. The fraction of sp³-hybridized carbons (Fsp3) is 0.848. The van der Waals surface area contributed by atoms with Crippen molar-refractivity contribution in [2.75, 3.05) is 6.54 Å². The van der Waals surface area contributed by atoms with Crippen LogP contribution in [0.15, 0.2) is 0 Å².